The van der Waals surface area contributed by atoms with Crippen LogP contribution in [0, 0.1) is 0 Å². The number of benzene rings is 2. The monoisotopic (exact) mass is 349 g/mol. The summed E-state index contributed by atoms with van der Waals surface area (Å²) < 4.78 is 3.58. The maximum absolute atomic E-state index is 13.3. The molecule has 0 atom stereocenters. The molecule has 5 nitrogen and oxygen atoms in total. The molecule has 0 saturated heterocycles. The van der Waals surface area contributed by atoms with Crippen LogP contribution in [0.2, 0.25) is 0 Å². The molecule has 0 unspecified atom stereocenters. The number of anilines is 1. The number of rotatable bonds is 3. The molecule has 0 aliphatic heterocycles. The smallest absolute Gasteiger partial charge is 0.291 e. The van der Waals surface area contributed by atoms with Gasteiger partial charge < -0.3 is 5.32 Å². The zero-order chi connectivity index (χ0) is 18.9. The first-order chi connectivity index (χ1) is 12.3. The summed E-state index contributed by atoms with van der Waals surface area (Å²) in [5, 5.41) is 2.75. The van der Waals surface area contributed by atoms with Crippen molar-refractivity contribution < 1.29 is 4.79 Å². The van der Waals surface area contributed by atoms with E-state index in [2.05, 4.69) is 5.32 Å². The number of nitrogens with one attached hydrogen (secondary N) is 1. The summed E-state index contributed by atoms with van der Waals surface area (Å²) in [7, 11) is 0. The van der Waals surface area contributed by atoms with Crippen LogP contribution in [0.1, 0.15) is 27.7 Å². The van der Waals surface area contributed by atoms with Gasteiger partial charge in [0, 0.05) is 12.5 Å². The first-order valence-corrected chi connectivity index (χ1v) is 8.57. The van der Waals surface area contributed by atoms with Crippen LogP contribution in [0.25, 0.3) is 16.9 Å². The molecule has 1 heterocycles. The van der Waals surface area contributed by atoms with E-state index in [1.54, 1.807) is 4.68 Å². The summed E-state index contributed by atoms with van der Waals surface area (Å²) in [5.74, 6) is -0.273. The Morgan fingerprint density at radius 1 is 0.923 bits per heavy atom. The van der Waals surface area contributed by atoms with E-state index in [4.69, 9.17) is 0 Å². The number of hydrogen-bond donors (Lipinski definition) is 1. The minimum atomic E-state index is -0.479. The molecule has 2 aromatic carbocycles. The van der Waals surface area contributed by atoms with Gasteiger partial charge >= 0.3 is 0 Å². The number of hydrogen-bond acceptors (Lipinski definition) is 2. The van der Waals surface area contributed by atoms with Gasteiger partial charge in [0.1, 0.15) is 5.69 Å². The molecule has 3 aromatic rings. The molecular weight excluding hydrogens is 326 g/mol. The van der Waals surface area contributed by atoms with Crippen LogP contribution in [0.4, 0.5) is 5.69 Å². The van der Waals surface area contributed by atoms with Gasteiger partial charge in [0.25, 0.3) is 5.56 Å². The molecule has 134 valence electrons. The molecule has 0 fully saturated rings. The Kier molecular flexibility index (Phi) is 4.55. The molecule has 0 radical (unpaired) electrons. The van der Waals surface area contributed by atoms with Crippen LogP contribution in [0.15, 0.2) is 65.5 Å². The zero-order valence-electron chi connectivity index (χ0n) is 15.5. The van der Waals surface area contributed by atoms with Crippen LogP contribution >= 0.6 is 0 Å². The minimum absolute atomic E-state index is 0.226. The van der Waals surface area contributed by atoms with E-state index >= 15 is 0 Å². The van der Waals surface area contributed by atoms with Crippen LogP contribution in [0.5, 0.6) is 0 Å². The van der Waals surface area contributed by atoms with E-state index in [0.717, 1.165) is 11.3 Å². The van der Waals surface area contributed by atoms with Crippen molar-refractivity contribution in [3.8, 4) is 16.9 Å². The van der Waals surface area contributed by atoms with Gasteiger partial charge in [-0.05, 0) is 32.9 Å². The van der Waals surface area contributed by atoms with Crippen molar-refractivity contribution in [1.29, 1.82) is 0 Å². The van der Waals surface area contributed by atoms with Crippen molar-refractivity contribution in [2.45, 2.75) is 33.2 Å². The Balaban J connectivity index is 2.47. The van der Waals surface area contributed by atoms with Crippen LogP contribution in [0.3, 0.4) is 0 Å². The van der Waals surface area contributed by atoms with Crippen LogP contribution in [-0.2, 0) is 10.3 Å². The topological polar surface area (TPSA) is 56.0 Å². The van der Waals surface area contributed by atoms with Gasteiger partial charge in [-0.15, -0.1) is 0 Å². The molecule has 1 aromatic heterocycles. The highest BCUT2D eigenvalue weighted by Crippen LogP contribution is 2.31. The van der Waals surface area contributed by atoms with E-state index < -0.39 is 5.54 Å². The largest absolute Gasteiger partial charge is 0.320 e. The van der Waals surface area contributed by atoms with Gasteiger partial charge in [0.2, 0.25) is 5.91 Å². The Bertz CT molecular complexity index is 978. The van der Waals surface area contributed by atoms with Gasteiger partial charge in [0.15, 0.2) is 0 Å². The quantitative estimate of drug-likeness (QED) is 0.776. The fourth-order valence-electron chi connectivity index (χ4n) is 3.07. The third-order valence-electron chi connectivity index (χ3n) is 4.04. The molecule has 0 spiro atoms. The summed E-state index contributed by atoms with van der Waals surface area (Å²) in [5.41, 5.74) is 1.98. The van der Waals surface area contributed by atoms with E-state index in [9.17, 15) is 9.59 Å². The second-order valence-electron chi connectivity index (χ2n) is 7.21. The molecule has 1 N–H and O–H groups in total. The zero-order valence-corrected chi connectivity index (χ0v) is 15.5. The Labute approximate surface area is 152 Å². The lowest BCUT2D eigenvalue weighted by molar-refractivity contribution is -0.114. The lowest BCUT2D eigenvalue weighted by atomic mass is 10.1. The van der Waals surface area contributed by atoms with Crippen molar-refractivity contribution >= 4 is 11.6 Å². The van der Waals surface area contributed by atoms with E-state index in [1.165, 1.54) is 6.92 Å². The minimum Gasteiger partial charge on any atom is -0.320 e. The number of carbonyl (C=O) groups excluding carboxylic acids is 1. The molecule has 0 aliphatic carbocycles. The Morgan fingerprint density at radius 2 is 1.46 bits per heavy atom. The predicted octanol–water partition coefficient (Wildman–Crippen LogP) is 4.02. The molecule has 0 aliphatic rings. The second kappa shape index (κ2) is 6.67. The molecule has 0 saturated carbocycles. The summed E-state index contributed by atoms with van der Waals surface area (Å²) in [4.78, 5) is 25.1. The number of nitrogens with zero attached hydrogens (tertiary/aromatic N) is 2. The molecule has 3 rings (SSSR count). The van der Waals surface area contributed by atoms with Gasteiger partial charge in [-0.2, -0.15) is 0 Å². The maximum Gasteiger partial charge on any atom is 0.291 e. The number of aromatic nitrogens is 2. The fourth-order valence-corrected chi connectivity index (χ4v) is 3.07. The van der Waals surface area contributed by atoms with E-state index in [-0.39, 0.29) is 11.5 Å². The maximum atomic E-state index is 13.3. The third-order valence-corrected chi connectivity index (χ3v) is 4.04. The van der Waals surface area contributed by atoms with Crippen LogP contribution in [-0.4, -0.2) is 15.3 Å². The fraction of sp³-hybridized carbons (Fsp3) is 0.238. The lowest BCUT2D eigenvalue weighted by Gasteiger charge is -2.25. The van der Waals surface area contributed by atoms with Crippen molar-refractivity contribution in [1.82, 2.24) is 9.36 Å². The summed E-state index contributed by atoms with van der Waals surface area (Å²) in [6.07, 6.45) is 0. The van der Waals surface area contributed by atoms with Crippen molar-refractivity contribution in [2.75, 3.05) is 5.32 Å². The SMILES string of the molecule is CC(=O)Nc1c(-c2ccccc2)n(-c2ccccc2)n(C(C)(C)C)c1=O. The van der Waals surface area contributed by atoms with Crippen molar-refractivity contribution in [3.05, 3.63) is 71.0 Å². The first-order valence-electron chi connectivity index (χ1n) is 8.57. The standard InChI is InChI=1S/C21H23N3O2/c1-15(25)22-18-19(16-11-7-5-8-12-16)23(17-13-9-6-10-14-17)24(20(18)26)21(2,3)4/h5-14H,1-4H3,(H,22,25). The van der Waals surface area contributed by atoms with Crippen molar-refractivity contribution in [3.63, 3.8) is 0 Å². The van der Waals surface area contributed by atoms with Gasteiger partial charge in [-0.25, -0.2) is 9.36 Å². The normalized spacial score (nSPS) is 11.4. The van der Waals surface area contributed by atoms with Crippen molar-refractivity contribution in [2.24, 2.45) is 0 Å². The van der Waals surface area contributed by atoms with E-state index in [1.807, 2.05) is 86.1 Å². The second-order valence-corrected chi connectivity index (χ2v) is 7.21. The number of amides is 1. The Morgan fingerprint density at radius 3 is 1.96 bits per heavy atom. The number of para-hydroxylation sites is 1. The van der Waals surface area contributed by atoms with Gasteiger partial charge in [-0.1, -0.05) is 48.5 Å². The molecule has 5 heteroatoms. The Hall–Kier alpha value is -3.08. The summed E-state index contributed by atoms with van der Waals surface area (Å²) in [6.45, 7) is 7.33. The highest BCUT2D eigenvalue weighted by atomic mass is 16.2. The highest BCUT2D eigenvalue weighted by molar-refractivity contribution is 5.93. The molecular formula is C21H23N3O2. The third kappa shape index (κ3) is 3.20. The highest BCUT2D eigenvalue weighted by Gasteiger charge is 2.28. The van der Waals surface area contributed by atoms with E-state index in [0.29, 0.717) is 11.4 Å². The van der Waals surface area contributed by atoms with Gasteiger partial charge in [-0.3, -0.25) is 9.59 Å². The number of carbonyl (C=O) groups is 1. The lowest BCUT2D eigenvalue weighted by Crippen LogP contribution is -2.36. The average Bonchev–Trinajstić information content (AvgIpc) is 2.89. The summed E-state index contributed by atoms with van der Waals surface area (Å²) >= 11 is 0. The van der Waals surface area contributed by atoms with Crippen LogP contribution < -0.4 is 10.9 Å². The molecule has 26 heavy (non-hydrogen) atoms. The predicted molar refractivity (Wildman–Crippen MR) is 105 cm³/mol. The summed E-state index contributed by atoms with van der Waals surface area (Å²) in [6, 6.07) is 19.3. The molecule has 0 bridgehead atoms. The molecule has 1 amide bonds. The average molecular weight is 349 g/mol. The van der Waals surface area contributed by atoms with Gasteiger partial charge in [0.05, 0.1) is 16.9 Å². The first kappa shape index (κ1) is 17.7.